The van der Waals surface area contributed by atoms with Crippen LogP contribution >= 0.6 is 11.6 Å². The van der Waals surface area contributed by atoms with Crippen molar-refractivity contribution in [3.63, 3.8) is 0 Å². The van der Waals surface area contributed by atoms with Crippen LogP contribution in [0.1, 0.15) is 10.4 Å². The molecule has 3 heterocycles. The van der Waals surface area contributed by atoms with Crippen molar-refractivity contribution in [1.29, 1.82) is 0 Å². The van der Waals surface area contributed by atoms with Crippen molar-refractivity contribution in [3.05, 3.63) is 71.8 Å². The Kier molecular flexibility index (Phi) is 3.87. The maximum atomic E-state index is 12.3. The van der Waals surface area contributed by atoms with Crippen molar-refractivity contribution in [1.82, 2.24) is 19.9 Å². The highest BCUT2D eigenvalue weighted by molar-refractivity contribution is 6.33. The lowest BCUT2D eigenvalue weighted by atomic mass is 10.1. The Hall–Kier alpha value is -3.25. The van der Waals surface area contributed by atoms with Crippen LogP contribution in [-0.4, -0.2) is 25.8 Å². The Labute approximate surface area is 147 Å². The number of halogens is 1. The summed E-state index contributed by atoms with van der Waals surface area (Å²) in [5.41, 5.74) is 3.41. The fraction of sp³-hybridized carbons (Fsp3) is 0. The first-order valence-corrected chi connectivity index (χ1v) is 7.89. The molecule has 3 aromatic heterocycles. The molecular weight excluding hydrogens is 338 g/mol. The van der Waals surface area contributed by atoms with Gasteiger partial charge in [0.15, 0.2) is 0 Å². The lowest BCUT2D eigenvalue weighted by molar-refractivity contribution is 0.102. The second kappa shape index (κ2) is 6.33. The number of hydrogen-bond acceptors (Lipinski definition) is 4. The Morgan fingerprint density at radius 1 is 1.08 bits per heavy atom. The fourth-order valence-corrected chi connectivity index (χ4v) is 2.68. The molecule has 122 valence electrons. The van der Waals surface area contributed by atoms with Crippen LogP contribution in [0.15, 0.2) is 61.2 Å². The van der Waals surface area contributed by atoms with E-state index in [1.807, 2.05) is 6.07 Å². The fourth-order valence-electron chi connectivity index (χ4n) is 2.47. The average molecular weight is 350 g/mol. The van der Waals surface area contributed by atoms with Gasteiger partial charge in [0, 0.05) is 29.8 Å². The number of nitrogens with one attached hydrogen (secondary N) is 2. The highest BCUT2D eigenvalue weighted by Crippen LogP contribution is 2.30. The molecule has 0 atom stereocenters. The number of hydrogen-bond donors (Lipinski definition) is 2. The molecule has 25 heavy (non-hydrogen) atoms. The summed E-state index contributed by atoms with van der Waals surface area (Å²) in [6, 6.07) is 10.5. The molecule has 0 fully saturated rings. The van der Waals surface area contributed by atoms with Crippen LogP contribution in [0, 0.1) is 0 Å². The molecule has 2 N–H and O–H groups in total. The maximum absolute atomic E-state index is 12.3. The molecule has 0 aliphatic heterocycles. The van der Waals surface area contributed by atoms with Gasteiger partial charge in [-0.25, -0.2) is 4.98 Å². The van der Waals surface area contributed by atoms with Gasteiger partial charge in [0.1, 0.15) is 5.82 Å². The number of fused-ring (bicyclic) bond motifs is 1. The van der Waals surface area contributed by atoms with Crippen LogP contribution in [0.3, 0.4) is 0 Å². The smallest absolute Gasteiger partial charge is 0.257 e. The van der Waals surface area contributed by atoms with E-state index in [0.717, 1.165) is 11.0 Å². The molecule has 0 radical (unpaired) electrons. The number of anilines is 1. The molecule has 0 aliphatic carbocycles. The molecule has 4 rings (SSSR count). The second-order valence-electron chi connectivity index (χ2n) is 5.37. The number of aromatic nitrogens is 4. The third-order valence-corrected chi connectivity index (χ3v) is 4.02. The van der Waals surface area contributed by atoms with E-state index in [1.54, 1.807) is 48.9 Å². The maximum Gasteiger partial charge on any atom is 0.257 e. The van der Waals surface area contributed by atoms with Gasteiger partial charge in [-0.3, -0.25) is 14.8 Å². The van der Waals surface area contributed by atoms with E-state index < -0.39 is 0 Å². The summed E-state index contributed by atoms with van der Waals surface area (Å²) in [5.74, 6) is 0.376. The van der Waals surface area contributed by atoms with Crippen molar-refractivity contribution in [3.8, 4) is 11.4 Å². The SMILES string of the molecule is O=C(Nc1ccc(Cl)c(-c2nc3ccncc3[nH]2)c1)c1cccnc1. The van der Waals surface area contributed by atoms with Crippen molar-refractivity contribution in [2.24, 2.45) is 0 Å². The quantitative estimate of drug-likeness (QED) is 0.587. The molecule has 0 saturated heterocycles. The zero-order valence-electron chi connectivity index (χ0n) is 12.9. The number of benzene rings is 1. The largest absolute Gasteiger partial charge is 0.337 e. The lowest BCUT2D eigenvalue weighted by Crippen LogP contribution is -2.12. The highest BCUT2D eigenvalue weighted by atomic mass is 35.5. The molecule has 1 aromatic carbocycles. The molecule has 0 saturated carbocycles. The van der Waals surface area contributed by atoms with Crippen molar-refractivity contribution >= 4 is 34.2 Å². The lowest BCUT2D eigenvalue weighted by Gasteiger charge is -2.08. The average Bonchev–Trinajstić information content (AvgIpc) is 3.08. The molecule has 0 aliphatic rings. The zero-order chi connectivity index (χ0) is 17.2. The van der Waals surface area contributed by atoms with E-state index >= 15 is 0 Å². The Balaban J connectivity index is 1.68. The van der Waals surface area contributed by atoms with Crippen LogP contribution in [0.25, 0.3) is 22.4 Å². The van der Waals surface area contributed by atoms with E-state index in [-0.39, 0.29) is 5.91 Å². The van der Waals surface area contributed by atoms with Gasteiger partial charge in [0.05, 0.1) is 27.8 Å². The minimum atomic E-state index is -0.241. The van der Waals surface area contributed by atoms with E-state index in [0.29, 0.717) is 27.7 Å². The second-order valence-corrected chi connectivity index (χ2v) is 5.78. The first-order chi connectivity index (χ1) is 12.2. The van der Waals surface area contributed by atoms with Gasteiger partial charge in [-0.1, -0.05) is 11.6 Å². The summed E-state index contributed by atoms with van der Waals surface area (Å²) >= 11 is 6.31. The van der Waals surface area contributed by atoms with Gasteiger partial charge >= 0.3 is 0 Å². The van der Waals surface area contributed by atoms with E-state index in [4.69, 9.17) is 11.6 Å². The Bertz CT molecular complexity index is 1030. The molecule has 1 amide bonds. The number of aromatic amines is 1. The molecule has 7 heteroatoms. The monoisotopic (exact) mass is 349 g/mol. The molecule has 6 nitrogen and oxygen atoms in total. The molecule has 4 aromatic rings. The van der Waals surface area contributed by atoms with Crippen LogP contribution < -0.4 is 5.32 Å². The zero-order valence-corrected chi connectivity index (χ0v) is 13.7. The first-order valence-electron chi connectivity index (χ1n) is 7.52. The number of rotatable bonds is 3. The number of carbonyl (C=O) groups excluding carboxylic acids is 1. The van der Waals surface area contributed by atoms with Crippen LogP contribution in [-0.2, 0) is 0 Å². The predicted molar refractivity (Wildman–Crippen MR) is 96.5 cm³/mol. The van der Waals surface area contributed by atoms with Crippen molar-refractivity contribution in [2.45, 2.75) is 0 Å². The number of amides is 1. The van der Waals surface area contributed by atoms with Gasteiger partial charge in [-0.05, 0) is 36.4 Å². The van der Waals surface area contributed by atoms with E-state index in [1.165, 1.54) is 6.20 Å². The topological polar surface area (TPSA) is 83.6 Å². The highest BCUT2D eigenvalue weighted by Gasteiger charge is 2.12. The van der Waals surface area contributed by atoms with Gasteiger partial charge in [-0.15, -0.1) is 0 Å². The normalized spacial score (nSPS) is 10.8. The molecule has 0 bridgehead atoms. The summed E-state index contributed by atoms with van der Waals surface area (Å²) < 4.78 is 0. The summed E-state index contributed by atoms with van der Waals surface area (Å²) in [5, 5.41) is 3.37. The molecule has 0 spiro atoms. The van der Waals surface area contributed by atoms with Crippen LogP contribution in [0.2, 0.25) is 5.02 Å². The molecule has 0 unspecified atom stereocenters. The number of H-pyrrole nitrogens is 1. The number of carbonyl (C=O) groups is 1. The minimum Gasteiger partial charge on any atom is -0.337 e. The third-order valence-electron chi connectivity index (χ3n) is 3.69. The standard InChI is InChI=1S/C18H12ClN5O/c19-14-4-3-12(22-18(25)11-2-1-6-20-9-11)8-13(14)17-23-15-5-7-21-10-16(15)24-17/h1-10H,(H,22,25)(H,23,24). The van der Waals surface area contributed by atoms with E-state index in [9.17, 15) is 4.79 Å². The minimum absolute atomic E-state index is 0.241. The summed E-state index contributed by atoms with van der Waals surface area (Å²) in [6.07, 6.45) is 6.51. The molecular formula is C18H12ClN5O. The Morgan fingerprint density at radius 2 is 1.96 bits per heavy atom. The first kappa shape index (κ1) is 15.3. The van der Waals surface area contributed by atoms with Gasteiger partial charge in [-0.2, -0.15) is 0 Å². The summed E-state index contributed by atoms with van der Waals surface area (Å²) in [6.45, 7) is 0. The van der Waals surface area contributed by atoms with Crippen LogP contribution in [0.4, 0.5) is 5.69 Å². The van der Waals surface area contributed by atoms with Gasteiger partial charge < -0.3 is 10.3 Å². The summed E-state index contributed by atoms with van der Waals surface area (Å²) in [4.78, 5) is 28.0. The van der Waals surface area contributed by atoms with Crippen molar-refractivity contribution in [2.75, 3.05) is 5.32 Å². The predicted octanol–water partition coefficient (Wildman–Crippen LogP) is 3.93. The third kappa shape index (κ3) is 3.07. The van der Waals surface area contributed by atoms with E-state index in [2.05, 4.69) is 25.3 Å². The van der Waals surface area contributed by atoms with Gasteiger partial charge in [0.25, 0.3) is 5.91 Å². The summed E-state index contributed by atoms with van der Waals surface area (Å²) in [7, 11) is 0. The van der Waals surface area contributed by atoms with Gasteiger partial charge in [0.2, 0.25) is 0 Å². The number of pyridine rings is 2. The Morgan fingerprint density at radius 3 is 2.76 bits per heavy atom. The van der Waals surface area contributed by atoms with Crippen LogP contribution in [0.5, 0.6) is 0 Å². The number of imidazole rings is 1. The van der Waals surface area contributed by atoms with Crippen molar-refractivity contribution < 1.29 is 4.79 Å². The number of nitrogens with zero attached hydrogens (tertiary/aromatic N) is 3.